The number of hydrogen-bond acceptors (Lipinski definition) is 3. The van der Waals surface area contributed by atoms with E-state index in [2.05, 4.69) is 23.1 Å². The average molecular weight is 231 g/mol. The Morgan fingerprint density at radius 2 is 2.41 bits per heavy atom. The van der Waals surface area contributed by atoms with Crippen molar-refractivity contribution >= 4 is 5.52 Å². The molecule has 2 aromatic rings. The Bertz CT molecular complexity index is 478. The summed E-state index contributed by atoms with van der Waals surface area (Å²) in [6.07, 6.45) is 6.32. The Morgan fingerprint density at radius 3 is 3.29 bits per heavy atom. The van der Waals surface area contributed by atoms with Crippen molar-refractivity contribution < 1.29 is 4.74 Å². The highest BCUT2D eigenvalue weighted by molar-refractivity contribution is 5.53. The predicted octanol–water partition coefficient (Wildman–Crippen LogP) is 1.97. The normalized spacial score (nSPS) is 10.6. The summed E-state index contributed by atoms with van der Waals surface area (Å²) in [6.45, 7) is 5.98. The molecule has 1 N–H and O–H groups in total. The molecule has 4 heteroatoms. The number of nitrogens with one attached hydrogen (secondary N) is 1. The predicted molar refractivity (Wildman–Crippen MR) is 67.7 cm³/mol. The lowest BCUT2D eigenvalue weighted by atomic mass is 10.2. The van der Waals surface area contributed by atoms with Gasteiger partial charge in [0.05, 0.1) is 24.6 Å². The third kappa shape index (κ3) is 3.07. The molecule has 0 aliphatic carbocycles. The van der Waals surface area contributed by atoms with Crippen molar-refractivity contribution in [2.24, 2.45) is 0 Å². The lowest BCUT2D eigenvalue weighted by Gasteiger charge is -2.03. The number of hydrogen-bond donors (Lipinski definition) is 1. The molecule has 0 aliphatic heterocycles. The van der Waals surface area contributed by atoms with Crippen LogP contribution in [0.25, 0.3) is 5.52 Å². The van der Waals surface area contributed by atoms with Crippen LogP contribution in [0.2, 0.25) is 0 Å². The Balaban J connectivity index is 1.81. The summed E-state index contributed by atoms with van der Waals surface area (Å²) in [7, 11) is 0. The average Bonchev–Trinajstić information content (AvgIpc) is 2.77. The molecule has 2 aromatic heterocycles. The summed E-state index contributed by atoms with van der Waals surface area (Å²) < 4.78 is 6.94. The van der Waals surface area contributed by atoms with Crippen molar-refractivity contribution in [3.05, 3.63) is 49.0 Å². The first-order valence-corrected chi connectivity index (χ1v) is 5.76. The van der Waals surface area contributed by atoms with Gasteiger partial charge in [-0.3, -0.25) is 0 Å². The van der Waals surface area contributed by atoms with Gasteiger partial charge in [0.2, 0.25) is 0 Å². The fraction of sp³-hybridized carbons (Fsp3) is 0.308. The van der Waals surface area contributed by atoms with E-state index in [1.807, 2.05) is 29.0 Å². The summed E-state index contributed by atoms with van der Waals surface area (Å²) in [5.41, 5.74) is 2.37. The van der Waals surface area contributed by atoms with Crippen LogP contribution in [-0.2, 0) is 11.3 Å². The van der Waals surface area contributed by atoms with Gasteiger partial charge in [-0.15, -0.1) is 0 Å². The third-order valence-corrected chi connectivity index (χ3v) is 2.56. The summed E-state index contributed by atoms with van der Waals surface area (Å²) in [5.74, 6) is 0. The van der Waals surface area contributed by atoms with Crippen LogP contribution < -0.4 is 5.32 Å². The quantitative estimate of drug-likeness (QED) is 0.585. The molecule has 0 atom stereocenters. The zero-order chi connectivity index (χ0) is 11.9. The molecule has 90 valence electrons. The smallest absolute Gasteiger partial charge is 0.0885 e. The maximum absolute atomic E-state index is 5.05. The van der Waals surface area contributed by atoms with Crippen molar-refractivity contribution in [3.8, 4) is 0 Å². The minimum Gasteiger partial charge on any atom is -0.502 e. The van der Waals surface area contributed by atoms with Crippen LogP contribution in [0.5, 0.6) is 0 Å². The molecule has 0 unspecified atom stereocenters. The topological polar surface area (TPSA) is 38.6 Å². The van der Waals surface area contributed by atoms with E-state index < -0.39 is 0 Å². The molecule has 2 heterocycles. The zero-order valence-electron chi connectivity index (χ0n) is 9.80. The Labute approximate surface area is 101 Å². The highest BCUT2D eigenvalue weighted by Gasteiger charge is 2.01. The second-order valence-corrected chi connectivity index (χ2v) is 3.77. The van der Waals surface area contributed by atoms with Gasteiger partial charge in [-0.1, -0.05) is 12.6 Å². The van der Waals surface area contributed by atoms with Gasteiger partial charge in [-0.25, -0.2) is 4.52 Å². The van der Waals surface area contributed by atoms with Crippen LogP contribution in [-0.4, -0.2) is 22.8 Å². The summed E-state index contributed by atoms with van der Waals surface area (Å²) >= 11 is 0. The van der Waals surface area contributed by atoms with Gasteiger partial charge < -0.3 is 10.1 Å². The van der Waals surface area contributed by atoms with Crippen LogP contribution in [0.1, 0.15) is 12.0 Å². The number of ether oxygens (including phenoxy) is 1. The van der Waals surface area contributed by atoms with E-state index in [4.69, 9.17) is 4.74 Å². The standard InChI is InChI=1S/C13H17N3O/c1-2-17-9-5-7-14-10-12-11-15-16-8-4-3-6-13(12)16/h2-4,6,8,11,14H,1,5,7,9-10H2. The molecule has 0 bridgehead atoms. The van der Waals surface area contributed by atoms with Gasteiger partial charge in [0.15, 0.2) is 0 Å². The third-order valence-electron chi connectivity index (χ3n) is 2.56. The van der Waals surface area contributed by atoms with Gasteiger partial charge >= 0.3 is 0 Å². The maximum Gasteiger partial charge on any atom is 0.0885 e. The van der Waals surface area contributed by atoms with Crippen LogP contribution in [0.15, 0.2) is 43.4 Å². The first-order valence-electron chi connectivity index (χ1n) is 5.76. The first-order chi connectivity index (χ1) is 8.42. The van der Waals surface area contributed by atoms with E-state index in [0.717, 1.165) is 25.0 Å². The van der Waals surface area contributed by atoms with Gasteiger partial charge in [0.1, 0.15) is 0 Å². The molecule has 0 radical (unpaired) electrons. The summed E-state index contributed by atoms with van der Waals surface area (Å²) in [4.78, 5) is 0. The molecule has 0 amide bonds. The molecule has 0 spiro atoms. The molecular formula is C13H17N3O. The van der Waals surface area contributed by atoms with E-state index in [9.17, 15) is 0 Å². The van der Waals surface area contributed by atoms with Gasteiger partial charge in [-0.2, -0.15) is 5.10 Å². The monoisotopic (exact) mass is 231 g/mol. The number of pyridine rings is 1. The molecule has 0 fully saturated rings. The van der Waals surface area contributed by atoms with Crippen molar-refractivity contribution in [1.82, 2.24) is 14.9 Å². The molecule has 0 saturated carbocycles. The highest BCUT2D eigenvalue weighted by Crippen LogP contribution is 2.08. The second kappa shape index (κ2) is 6.06. The van der Waals surface area contributed by atoms with E-state index in [1.165, 1.54) is 11.8 Å². The van der Waals surface area contributed by atoms with Crippen molar-refractivity contribution in [3.63, 3.8) is 0 Å². The number of nitrogens with zero attached hydrogens (tertiary/aromatic N) is 2. The lowest BCUT2D eigenvalue weighted by molar-refractivity contribution is 0.244. The largest absolute Gasteiger partial charge is 0.502 e. The van der Waals surface area contributed by atoms with Gasteiger partial charge in [0.25, 0.3) is 0 Å². The van der Waals surface area contributed by atoms with E-state index >= 15 is 0 Å². The number of rotatable bonds is 7. The van der Waals surface area contributed by atoms with Gasteiger partial charge in [0, 0.05) is 18.3 Å². The molecule has 0 saturated heterocycles. The van der Waals surface area contributed by atoms with Crippen molar-refractivity contribution in [2.45, 2.75) is 13.0 Å². The minimum absolute atomic E-state index is 0.714. The van der Waals surface area contributed by atoms with E-state index in [-0.39, 0.29) is 0 Å². The van der Waals surface area contributed by atoms with Crippen molar-refractivity contribution in [2.75, 3.05) is 13.2 Å². The van der Waals surface area contributed by atoms with E-state index in [1.54, 1.807) is 0 Å². The summed E-state index contributed by atoms with van der Waals surface area (Å²) in [6, 6.07) is 6.08. The fourth-order valence-corrected chi connectivity index (χ4v) is 1.71. The Hall–Kier alpha value is -1.81. The highest BCUT2D eigenvalue weighted by atomic mass is 16.5. The molecule has 4 nitrogen and oxygen atoms in total. The molecule has 2 rings (SSSR count). The minimum atomic E-state index is 0.714. The van der Waals surface area contributed by atoms with Crippen LogP contribution in [0.4, 0.5) is 0 Å². The molecular weight excluding hydrogens is 214 g/mol. The number of aromatic nitrogens is 2. The molecule has 0 aromatic carbocycles. The Morgan fingerprint density at radius 1 is 1.47 bits per heavy atom. The fourth-order valence-electron chi connectivity index (χ4n) is 1.71. The zero-order valence-corrected chi connectivity index (χ0v) is 9.80. The molecule has 0 aliphatic rings. The Kier molecular flexibility index (Phi) is 4.16. The van der Waals surface area contributed by atoms with Crippen LogP contribution in [0.3, 0.4) is 0 Å². The van der Waals surface area contributed by atoms with Crippen molar-refractivity contribution in [1.29, 1.82) is 0 Å². The number of fused-ring (bicyclic) bond motifs is 1. The SMILES string of the molecule is C=COCCCNCc1cnn2ccccc12. The summed E-state index contributed by atoms with van der Waals surface area (Å²) in [5, 5.41) is 7.66. The van der Waals surface area contributed by atoms with Crippen LogP contribution in [0, 0.1) is 0 Å². The maximum atomic E-state index is 5.05. The first kappa shape index (κ1) is 11.7. The van der Waals surface area contributed by atoms with Gasteiger partial charge in [-0.05, 0) is 25.1 Å². The molecule has 17 heavy (non-hydrogen) atoms. The van der Waals surface area contributed by atoms with E-state index in [0.29, 0.717) is 6.61 Å². The second-order valence-electron chi connectivity index (χ2n) is 3.77. The lowest BCUT2D eigenvalue weighted by Crippen LogP contribution is -2.15. The van der Waals surface area contributed by atoms with Crippen LogP contribution >= 0.6 is 0 Å².